The minimum absolute atomic E-state index is 0.0198. The maximum absolute atomic E-state index is 11.2. The molecule has 0 unspecified atom stereocenters. The second kappa shape index (κ2) is 13.0. The van der Waals surface area contributed by atoms with Gasteiger partial charge in [0.2, 0.25) is 0 Å². The van der Waals surface area contributed by atoms with Gasteiger partial charge in [-0.25, -0.2) is 0 Å². The summed E-state index contributed by atoms with van der Waals surface area (Å²) in [5.74, 6) is 0. The molecule has 6 heteroatoms. The fraction of sp³-hybridized carbons (Fsp3) is 1.00. The van der Waals surface area contributed by atoms with E-state index >= 15 is 0 Å². The molecule has 0 fully saturated rings. The molecule has 4 nitrogen and oxygen atoms in total. The van der Waals surface area contributed by atoms with Gasteiger partial charge in [-0.05, 0) is 0 Å². The zero-order valence-corrected chi connectivity index (χ0v) is 12.2. The van der Waals surface area contributed by atoms with E-state index in [1.807, 2.05) is 0 Å². The van der Waals surface area contributed by atoms with Crippen molar-refractivity contribution in [2.75, 3.05) is 13.2 Å². The number of hydrogen-bond acceptors (Lipinski definition) is 4. The maximum atomic E-state index is 11.2. The summed E-state index contributed by atoms with van der Waals surface area (Å²) < 4.78 is 22.4. The average molecular weight is 338 g/mol. The molecule has 0 saturated carbocycles. The fourth-order valence-electron chi connectivity index (χ4n) is 1.29. The molecule has 0 atom stereocenters. The molecule has 0 amide bonds. The van der Waals surface area contributed by atoms with E-state index in [2.05, 4.69) is 0 Å². The van der Waals surface area contributed by atoms with Gasteiger partial charge in [-0.3, -0.25) is 0 Å². The Morgan fingerprint density at radius 3 is 1.29 bits per heavy atom. The van der Waals surface area contributed by atoms with Crippen LogP contribution < -0.4 is 0 Å². The van der Waals surface area contributed by atoms with Crippen LogP contribution in [-0.4, -0.2) is 23.4 Å². The van der Waals surface area contributed by atoms with Crippen LogP contribution in [0, 0.1) is 0 Å². The van der Waals surface area contributed by atoms with Crippen molar-refractivity contribution in [2.45, 2.75) is 53.5 Å². The number of aliphatic hydroxyl groups excluding tert-OH is 2. The molecule has 2 N–H and O–H groups in total. The van der Waals surface area contributed by atoms with Crippen LogP contribution in [0.4, 0.5) is 0 Å². The normalized spacial score (nSPS) is 12.6. The van der Waals surface area contributed by atoms with Gasteiger partial charge in [0.1, 0.15) is 0 Å². The Morgan fingerprint density at radius 1 is 0.588 bits per heavy atom. The first-order valence-corrected chi connectivity index (χ1v) is 9.64. The predicted octanol–water partition coefficient (Wildman–Crippen LogP) is 2.52. The van der Waals surface area contributed by atoms with Gasteiger partial charge in [0, 0.05) is 0 Å². The zero-order valence-electron chi connectivity index (χ0n) is 10.2. The van der Waals surface area contributed by atoms with Gasteiger partial charge in [-0.2, -0.15) is 0 Å². The van der Waals surface area contributed by atoms with Gasteiger partial charge >= 0.3 is 112 Å². The van der Waals surface area contributed by atoms with Crippen molar-refractivity contribution in [1.29, 1.82) is 0 Å². The van der Waals surface area contributed by atoms with Crippen LogP contribution in [0.25, 0.3) is 0 Å². The molecule has 0 aliphatic carbocycles. The van der Waals surface area contributed by atoms with Gasteiger partial charge in [0.15, 0.2) is 0 Å². The molecule has 0 aromatic carbocycles. The summed E-state index contributed by atoms with van der Waals surface area (Å²) in [5, 5.41) is 19.4. The van der Waals surface area contributed by atoms with E-state index in [4.69, 9.17) is 10.2 Å². The molecule has 0 heterocycles. The second-order valence-electron chi connectivity index (χ2n) is 3.60. The van der Waals surface area contributed by atoms with Crippen LogP contribution in [0.2, 0.25) is 21.4 Å². The third-order valence-electron chi connectivity index (χ3n) is 2.13. The van der Waals surface area contributed by atoms with Crippen molar-refractivity contribution in [1.82, 2.24) is 0 Å². The molecule has 0 aromatic heterocycles. The van der Waals surface area contributed by atoms with Crippen molar-refractivity contribution < 1.29 is 45.1 Å². The van der Waals surface area contributed by atoms with Gasteiger partial charge in [0.05, 0.1) is 0 Å². The third kappa shape index (κ3) is 12.8. The van der Waals surface area contributed by atoms with E-state index in [9.17, 15) is 7.73 Å². The molecule has 0 rings (SSSR count). The number of unbranched alkanes of at least 4 members (excludes halogenated alkanes) is 4. The fourth-order valence-corrected chi connectivity index (χ4v) is 3.67. The van der Waals surface area contributed by atoms with Crippen LogP contribution in [0.15, 0.2) is 0 Å². The van der Waals surface area contributed by atoms with Crippen LogP contribution in [0.3, 0.4) is 0 Å². The molecule has 0 saturated heterocycles. The quantitative estimate of drug-likeness (QED) is 0.536. The van der Waals surface area contributed by atoms with E-state index in [0.29, 0.717) is 21.4 Å². The van der Waals surface area contributed by atoms with Crippen molar-refractivity contribution in [3.8, 4) is 0 Å². The summed E-state index contributed by atoms with van der Waals surface area (Å²) in [7, 11) is 0. The van der Waals surface area contributed by atoms with Gasteiger partial charge < -0.3 is 0 Å². The number of aliphatic hydroxyl groups is 2. The topological polar surface area (TPSA) is 74.6 Å². The Labute approximate surface area is 112 Å². The predicted molar refractivity (Wildman–Crippen MR) is 57.9 cm³/mol. The standard InChI is InChI=1S/C7H14.2C2H5O.2Co.2O/c1-3-5-7-6-4-2;2*1-2-3;;;;/h1-7H2;2*3H,1-2H2;;;;. The molecule has 0 bridgehead atoms. The first-order chi connectivity index (χ1) is 8.20. The Kier molecular flexibility index (Phi) is 13.4. The Hall–Kier alpha value is 0.533. The van der Waals surface area contributed by atoms with Crippen LogP contribution in [-0.2, 0) is 34.9 Å². The number of hydrogen-bond donors (Lipinski definition) is 2. The molecule has 0 spiro atoms. The molecule has 0 aromatic rings. The van der Waals surface area contributed by atoms with Gasteiger partial charge in [-0.15, -0.1) is 0 Å². The van der Waals surface area contributed by atoms with Gasteiger partial charge in [0.25, 0.3) is 0 Å². The summed E-state index contributed by atoms with van der Waals surface area (Å²) in [6.45, 7) is 0.0397. The summed E-state index contributed by atoms with van der Waals surface area (Å²) in [4.78, 5) is 0. The molecular formula is C11H24Co2O4. The van der Waals surface area contributed by atoms with Crippen molar-refractivity contribution >= 4 is 0 Å². The van der Waals surface area contributed by atoms with E-state index in [1.165, 1.54) is 0 Å². The summed E-state index contributed by atoms with van der Waals surface area (Å²) in [5.41, 5.74) is 0. The van der Waals surface area contributed by atoms with Crippen LogP contribution in [0.1, 0.15) is 32.1 Å². The van der Waals surface area contributed by atoms with E-state index in [1.54, 1.807) is 0 Å². The molecule has 0 aliphatic rings. The Bertz CT molecular complexity index is 200. The first kappa shape index (κ1) is 17.5. The molecule has 110 valence electrons. The van der Waals surface area contributed by atoms with Crippen LogP contribution >= 0.6 is 0 Å². The number of rotatable bonds is 12. The molecule has 17 heavy (non-hydrogen) atoms. The first-order valence-electron chi connectivity index (χ1n) is 5.85. The second-order valence-corrected chi connectivity index (χ2v) is 7.93. The minimum atomic E-state index is -1.17. The van der Waals surface area contributed by atoms with Gasteiger partial charge in [-0.1, -0.05) is 0 Å². The van der Waals surface area contributed by atoms with E-state index in [-0.39, 0.29) is 13.2 Å². The monoisotopic (exact) mass is 338 g/mol. The summed E-state index contributed by atoms with van der Waals surface area (Å²) in [6.07, 6.45) is 5.11. The van der Waals surface area contributed by atoms with Crippen molar-refractivity contribution in [3.05, 3.63) is 0 Å². The van der Waals surface area contributed by atoms with Crippen molar-refractivity contribution in [2.24, 2.45) is 0 Å². The Morgan fingerprint density at radius 2 is 0.941 bits per heavy atom. The summed E-state index contributed by atoms with van der Waals surface area (Å²) >= 11 is -2.35. The van der Waals surface area contributed by atoms with Crippen LogP contribution in [0.5, 0.6) is 0 Å². The SMILES string of the molecule is [O]=[Co]([CH2]CO)[CH2]CCCCC[CH2][Co](=[O])[CH2]CO. The van der Waals surface area contributed by atoms with Crippen molar-refractivity contribution in [3.63, 3.8) is 0 Å². The Balaban J connectivity index is 3.18. The molecule has 0 radical (unpaired) electrons. The summed E-state index contributed by atoms with van der Waals surface area (Å²) in [6, 6.07) is 0. The average Bonchev–Trinajstić information content (AvgIpc) is 2.28. The van der Waals surface area contributed by atoms with E-state index in [0.717, 1.165) is 32.1 Å². The zero-order chi connectivity index (χ0) is 12.9. The molecule has 0 aliphatic heterocycles. The third-order valence-corrected chi connectivity index (χ3v) is 5.65. The van der Waals surface area contributed by atoms with E-state index < -0.39 is 27.2 Å². The molecular weight excluding hydrogens is 314 g/mol.